The van der Waals surface area contributed by atoms with Gasteiger partial charge >= 0.3 is 5.97 Å². The van der Waals surface area contributed by atoms with Crippen LogP contribution in [0.1, 0.15) is 16.7 Å². The predicted molar refractivity (Wildman–Crippen MR) is 107 cm³/mol. The Hall–Kier alpha value is -3.31. The van der Waals surface area contributed by atoms with Crippen molar-refractivity contribution in [3.8, 4) is 11.5 Å². The van der Waals surface area contributed by atoms with E-state index < -0.39 is 11.5 Å². The summed E-state index contributed by atoms with van der Waals surface area (Å²) in [5, 5.41) is 19.3. The number of benzene rings is 3. The van der Waals surface area contributed by atoms with Gasteiger partial charge in [-0.15, -0.1) is 0 Å². The third kappa shape index (κ3) is 4.90. The smallest absolute Gasteiger partial charge is 0.327 e. The van der Waals surface area contributed by atoms with E-state index in [0.717, 1.165) is 11.1 Å². The van der Waals surface area contributed by atoms with Crippen LogP contribution in [0.2, 0.25) is 0 Å². The van der Waals surface area contributed by atoms with Gasteiger partial charge in [-0.3, -0.25) is 4.79 Å². The molecular formula is C23H23NO4. The SMILES string of the molecule is NC(Cc1ccccc1)(Cc1ccc(O)c(O)c1)C(=O)OCc1ccccc1. The second kappa shape index (κ2) is 8.59. The molecule has 28 heavy (non-hydrogen) atoms. The third-order valence-corrected chi connectivity index (χ3v) is 4.54. The minimum atomic E-state index is -1.32. The normalized spacial score (nSPS) is 12.9. The molecule has 5 heteroatoms. The van der Waals surface area contributed by atoms with Gasteiger partial charge in [-0.1, -0.05) is 66.7 Å². The summed E-state index contributed by atoms with van der Waals surface area (Å²) in [7, 11) is 0. The van der Waals surface area contributed by atoms with Crippen molar-refractivity contribution >= 4 is 5.97 Å². The van der Waals surface area contributed by atoms with Gasteiger partial charge in [0.05, 0.1) is 0 Å². The Balaban J connectivity index is 1.82. The average Bonchev–Trinajstić information content (AvgIpc) is 2.70. The van der Waals surface area contributed by atoms with Crippen molar-refractivity contribution < 1.29 is 19.7 Å². The molecule has 3 aromatic carbocycles. The first-order valence-corrected chi connectivity index (χ1v) is 9.01. The molecule has 0 bridgehead atoms. The van der Waals surface area contributed by atoms with Gasteiger partial charge in [0.15, 0.2) is 11.5 Å². The summed E-state index contributed by atoms with van der Waals surface area (Å²) >= 11 is 0. The summed E-state index contributed by atoms with van der Waals surface area (Å²) < 4.78 is 5.52. The second-order valence-electron chi connectivity index (χ2n) is 6.88. The van der Waals surface area contributed by atoms with Gasteiger partial charge < -0.3 is 20.7 Å². The molecular weight excluding hydrogens is 354 g/mol. The van der Waals surface area contributed by atoms with Gasteiger partial charge in [-0.2, -0.15) is 0 Å². The van der Waals surface area contributed by atoms with Crippen LogP contribution in [0, 0.1) is 0 Å². The number of nitrogens with two attached hydrogens (primary N) is 1. The van der Waals surface area contributed by atoms with Crippen LogP contribution in [0.15, 0.2) is 78.9 Å². The number of carbonyl (C=O) groups is 1. The van der Waals surface area contributed by atoms with E-state index in [9.17, 15) is 15.0 Å². The molecule has 4 N–H and O–H groups in total. The van der Waals surface area contributed by atoms with Crippen LogP contribution < -0.4 is 5.73 Å². The number of esters is 1. The number of hydrogen-bond acceptors (Lipinski definition) is 5. The van der Waals surface area contributed by atoms with Gasteiger partial charge in [0.2, 0.25) is 0 Å². The molecule has 0 heterocycles. The molecule has 5 nitrogen and oxygen atoms in total. The predicted octanol–water partition coefficient (Wildman–Crippen LogP) is 3.32. The highest BCUT2D eigenvalue weighted by atomic mass is 16.5. The Morgan fingerprint density at radius 3 is 1.96 bits per heavy atom. The molecule has 0 fully saturated rings. The van der Waals surface area contributed by atoms with Crippen LogP contribution in [0.25, 0.3) is 0 Å². The molecule has 144 valence electrons. The highest BCUT2D eigenvalue weighted by molar-refractivity contribution is 5.81. The van der Waals surface area contributed by atoms with Gasteiger partial charge in [0, 0.05) is 12.8 Å². The average molecular weight is 377 g/mol. The molecule has 0 aliphatic heterocycles. The van der Waals surface area contributed by atoms with E-state index in [4.69, 9.17) is 10.5 Å². The largest absolute Gasteiger partial charge is 0.504 e. The van der Waals surface area contributed by atoms with E-state index >= 15 is 0 Å². The quantitative estimate of drug-likeness (QED) is 0.434. The summed E-state index contributed by atoms with van der Waals surface area (Å²) in [5.74, 6) is -0.994. The fourth-order valence-corrected chi connectivity index (χ4v) is 3.08. The minimum absolute atomic E-state index is 0.133. The van der Waals surface area contributed by atoms with E-state index in [-0.39, 0.29) is 30.9 Å². The standard InChI is InChI=1S/C23H23NO4/c24-23(14-17-7-3-1-4-8-17,15-19-11-12-20(25)21(26)13-19)22(27)28-16-18-9-5-2-6-10-18/h1-13,25-26H,14-16,24H2. The molecule has 0 saturated carbocycles. The van der Waals surface area contributed by atoms with Crippen LogP contribution in [0.3, 0.4) is 0 Å². The van der Waals surface area contributed by atoms with Gasteiger partial charge in [0.1, 0.15) is 12.1 Å². The molecule has 0 aromatic heterocycles. The van der Waals surface area contributed by atoms with Crippen molar-refractivity contribution in [1.29, 1.82) is 0 Å². The second-order valence-corrected chi connectivity index (χ2v) is 6.88. The molecule has 0 saturated heterocycles. The topological polar surface area (TPSA) is 92.8 Å². The molecule has 3 rings (SSSR count). The molecule has 3 aromatic rings. The Bertz CT molecular complexity index is 928. The van der Waals surface area contributed by atoms with Crippen LogP contribution >= 0.6 is 0 Å². The fourth-order valence-electron chi connectivity index (χ4n) is 3.08. The third-order valence-electron chi connectivity index (χ3n) is 4.54. The zero-order valence-electron chi connectivity index (χ0n) is 15.4. The van der Waals surface area contributed by atoms with Crippen LogP contribution in [-0.2, 0) is 29.0 Å². The van der Waals surface area contributed by atoms with Crippen molar-refractivity contribution in [2.45, 2.75) is 25.0 Å². The lowest BCUT2D eigenvalue weighted by molar-refractivity contribution is -0.151. The highest BCUT2D eigenvalue weighted by Gasteiger charge is 2.36. The first kappa shape index (κ1) is 19.5. The summed E-state index contributed by atoms with van der Waals surface area (Å²) in [6.07, 6.45) is 0.437. The Kier molecular flexibility index (Phi) is 5.96. The number of hydrogen-bond donors (Lipinski definition) is 3. The Morgan fingerprint density at radius 2 is 1.36 bits per heavy atom. The molecule has 0 radical (unpaired) electrons. The number of aromatic hydroxyl groups is 2. The van der Waals surface area contributed by atoms with Crippen molar-refractivity contribution in [3.63, 3.8) is 0 Å². The van der Waals surface area contributed by atoms with Crippen molar-refractivity contribution in [2.75, 3.05) is 0 Å². The Morgan fingerprint density at radius 1 is 0.786 bits per heavy atom. The summed E-state index contributed by atoms with van der Waals surface area (Å²) in [6.45, 7) is 0.133. The van der Waals surface area contributed by atoms with Crippen LogP contribution in [0.5, 0.6) is 11.5 Å². The van der Waals surface area contributed by atoms with E-state index in [1.165, 1.54) is 12.1 Å². The number of ether oxygens (including phenoxy) is 1. The highest BCUT2D eigenvalue weighted by Crippen LogP contribution is 2.28. The minimum Gasteiger partial charge on any atom is -0.504 e. The molecule has 1 unspecified atom stereocenters. The van der Waals surface area contributed by atoms with Gasteiger partial charge in [-0.25, -0.2) is 0 Å². The Labute approximate surface area is 164 Å². The number of carbonyl (C=O) groups excluding carboxylic acids is 1. The summed E-state index contributed by atoms with van der Waals surface area (Å²) in [5.41, 5.74) is 7.63. The first-order valence-electron chi connectivity index (χ1n) is 9.01. The number of rotatable bonds is 7. The molecule has 0 aliphatic carbocycles. The van der Waals surface area contributed by atoms with E-state index in [2.05, 4.69) is 0 Å². The van der Waals surface area contributed by atoms with Crippen molar-refractivity contribution in [2.24, 2.45) is 5.73 Å². The first-order chi connectivity index (χ1) is 13.5. The maximum absolute atomic E-state index is 12.9. The summed E-state index contributed by atoms with van der Waals surface area (Å²) in [4.78, 5) is 12.9. The van der Waals surface area contributed by atoms with Gasteiger partial charge in [0.25, 0.3) is 0 Å². The van der Waals surface area contributed by atoms with E-state index in [0.29, 0.717) is 5.56 Å². The molecule has 0 amide bonds. The zero-order chi connectivity index (χ0) is 20.0. The monoisotopic (exact) mass is 377 g/mol. The summed E-state index contributed by atoms with van der Waals surface area (Å²) in [6, 6.07) is 23.3. The number of phenolic OH excluding ortho intramolecular Hbond substituents is 2. The maximum atomic E-state index is 12.9. The zero-order valence-corrected chi connectivity index (χ0v) is 15.4. The number of phenols is 2. The van der Waals surface area contributed by atoms with E-state index in [1.54, 1.807) is 6.07 Å². The lowest BCUT2D eigenvalue weighted by atomic mass is 9.85. The maximum Gasteiger partial charge on any atom is 0.327 e. The van der Waals surface area contributed by atoms with Crippen LogP contribution in [0.4, 0.5) is 0 Å². The lowest BCUT2D eigenvalue weighted by Gasteiger charge is -2.28. The molecule has 0 spiro atoms. The lowest BCUT2D eigenvalue weighted by Crippen LogP contribution is -2.52. The van der Waals surface area contributed by atoms with Crippen molar-refractivity contribution in [1.82, 2.24) is 0 Å². The molecule has 0 aliphatic rings. The molecule has 1 atom stereocenters. The van der Waals surface area contributed by atoms with Crippen molar-refractivity contribution in [3.05, 3.63) is 95.6 Å². The van der Waals surface area contributed by atoms with E-state index in [1.807, 2.05) is 60.7 Å². The van der Waals surface area contributed by atoms with Crippen LogP contribution in [-0.4, -0.2) is 21.7 Å². The fraction of sp³-hybridized carbons (Fsp3) is 0.174. The van der Waals surface area contributed by atoms with Gasteiger partial charge in [-0.05, 0) is 28.8 Å².